The second kappa shape index (κ2) is 6.81. The summed E-state index contributed by atoms with van der Waals surface area (Å²) in [5.74, 6) is -1.30. The molecule has 3 rings (SSSR count). The number of piperidine rings is 1. The molecule has 2 heterocycles. The van der Waals surface area contributed by atoms with Gasteiger partial charge in [0.2, 0.25) is 10.0 Å². The minimum atomic E-state index is -3.50. The molecule has 1 aromatic carbocycles. The number of carboxylic acid groups (broad SMARTS) is 1. The third-order valence-corrected chi connectivity index (χ3v) is 6.17. The van der Waals surface area contributed by atoms with E-state index in [1.165, 1.54) is 28.6 Å². The number of carbonyl (C=O) groups is 1. The Hall–Kier alpha value is -2.45. The lowest BCUT2D eigenvalue weighted by molar-refractivity contribution is 0.0695. The van der Waals surface area contributed by atoms with Crippen molar-refractivity contribution >= 4 is 16.0 Å². The number of rotatable bonds is 4. The van der Waals surface area contributed by atoms with Crippen LogP contribution in [0.3, 0.4) is 0 Å². The molecule has 25 heavy (non-hydrogen) atoms. The summed E-state index contributed by atoms with van der Waals surface area (Å²) in [5, 5.41) is 8.89. The highest BCUT2D eigenvalue weighted by atomic mass is 32.2. The number of pyridine rings is 1. The zero-order valence-electron chi connectivity index (χ0n) is 13.4. The van der Waals surface area contributed by atoms with Crippen molar-refractivity contribution in [3.05, 3.63) is 52.3 Å². The number of nitrogens with one attached hydrogen (secondary N) is 1. The molecule has 7 nitrogen and oxygen atoms in total. The Morgan fingerprint density at radius 3 is 2.20 bits per heavy atom. The Kier molecular flexibility index (Phi) is 4.73. The fraction of sp³-hybridized carbons (Fsp3) is 0.294. The standard InChI is InChI=1S/C17H18N2O5S/c20-16-14(17(21)22)8-9-15(18-16)12-4-6-13(7-5-12)25(23,24)19-10-2-1-3-11-19/h4-9H,1-3,10-11H2,(H,18,20)(H,21,22). The van der Waals surface area contributed by atoms with Crippen molar-refractivity contribution < 1.29 is 18.3 Å². The largest absolute Gasteiger partial charge is 0.477 e. The number of carboxylic acids is 1. The number of hydrogen-bond donors (Lipinski definition) is 2. The van der Waals surface area contributed by atoms with Gasteiger partial charge in [-0.2, -0.15) is 4.31 Å². The van der Waals surface area contributed by atoms with E-state index in [1.807, 2.05) is 0 Å². The van der Waals surface area contributed by atoms with Crippen LogP contribution in [0.25, 0.3) is 11.3 Å². The lowest BCUT2D eigenvalue weighted by Crippen LogP contribution is -2.35. The highest BCUT2D eigenvalue weighted by molar-refractivity contribution is 7.89. The van der Waals surface area contributed by atoms with Crippen LogP contribution in [0.1, 0.15) is 29.6 Å². The van der Waals surface area contributed by atoms with E-state index >= 15 is 0 Å². The zero-order valence-corrected chi connectivity index (χ0v) is 14.3. The van der Waals surface area contributed by atoms with Gasteiger partial charge in [0.25, 0.3) is 5.56 Å². The Labute approximate surface area is 145 Å². The smallest absolute Gasteiger partial charge is 0.341 e. The van der Waals surface area contributed by atoms with Gasteiger partial charge in [0, 0.05) is 18.8 Å². The normalized spacial score (nSPS) is 15.8. The number of hydrogen-bond acceptors (Lipinski definition) is 4. The molecule has 2 N–H and O–H groups in total. The molecule has 1 aromatic heterocycles. The second-order valence-corrected chi connectivity index (χ2v) is 7.85. The van der Waals surface area contributed by atoms with E-state index in [2.05, 4.69) is 4.98 Å². The zero-order chi connectivity index (χ0) is 18.0. The number of nitrogens with zero attached hydrogens (tertiary/aromatic N) is 1. The van der Waals surface area contributed by atoms with Gasteiger partial charge in [-0.15, -0.1) is 0 Å². The number of benzene rings is 1. The fourth-order valence-electron chi connectivity index (χ4n) is 2.87. The lowest BCUT2D eigenvalue weighted by Gasteiger charge is -2.25. The highest BCUT2D eigenvalue weighted by Gasteiger charge is 2.25. The Morgan fingerprint density at radius 1 is 1.00 bits per heavy atom. The average molecular weight is 362 g/mol. The Balaban J connectivity index is 1.88. The average Bonchev–Trinajstić information content (AvgIpc) is 2.62. The van der Waals surface area contributed by atoms with E-state index in [9.17, 15) is 18.0 Å². The van der Waals surface area contributed by atoms with Crippen LogP contribution in [0.2, 0.25) is 0 Å². The molecule has 0 bridgehead atoms. The molecule has 0 saturated carbocycles. The van der Waals surface area contributed by atoms with Gasteiger partial charge in [-0.05, 0) is 42.7 Å². The maximum Gasteiger partial charge on any atom is 0.341 e. The van der Waals surface area contributed by atoms with Gasteiger partial charge >= 0.3 is 5.97 Å². The Bertz CT molecular complexity index is 942. The molecule has 1 saturated heterocycles. The molecule has 132 valence electrons. The molecule has 1 aliphatic heterocycles. The molecule has 2 aromatic rings. The summed E-state index contributed by atoms with van der Waals surface area (Å²) in [6.45, 7) is 1.07. The van der Waals surface area contributed by atoms with Crippen molar-refractivity contribution in [3.63, 3.8) is 0 Å². The first kappa shape index (κ1) is 17.4. The molecular formula is C17H18N2O5S. The van der Waals surface area contributed by atoms with Gasteiger partial charge in [-0.3, -0.25) is 4.79 Å². The van der Waals surface area contributed by atoms with E-state index in [0.29, 0.717) is 24.3 Å². The summed E-state index contributed by atoms with van der Waals surface area (Å²) in [7, 11) is -3.50. The maximum absolute atomic E-state index is 12.6. The van der Waals surface area contributed by atoms with E-state index in [4.69, 9.17) is 5.11 Å². The number of sulfonamides is 1. The van der Waals surface area contributed by atoms with Crippen LogP contribution < -0.4 is 5.56 Å². The predicted molar refractivity (Wildman–Crippen MR) is 92.1 cm³/mol. The summed E-state index contributed by atoms with van der Waals surface area (Å²) in [5.41, 5.74) is -0.00776. The van der Waals surface area contributed by atoms with Gasteiger partial charge in [0.05, 0.1) is 4.90 Å². The van der Waals surface area contributed by atoms with Crippen LogP contribution in [0.15, 0.2) is 46.1 Å². The van der Waals surface area contributed by atoms with E-state index in [0.717, 1.165) is 19.3 Å². The van der Waals surface area contributed by atoms with Crippen LogP contribution >= 0.6 is 0 Å². The predicted octanol–water partition coefficient (Wildman–Crippen LogP) is 1.91. The Morgan fingerprint density at radius 2 is 1.64 bits per heavy atom. The van der Waals surface area contributed by atoms with Crippen LogP contribution in [-0.4, -0.2) is 41.9 Å². The molecule has 0 spiro atoms. The number of aromatic amines is 1. The molecule has 1 fully saturated rings. The third-order valence-electron chi connectivity index (χ3n) is 4.26. The summed E-state index contributed by atoms with van der Waals surface area (Å²) in [6.07, 6.45) is 2.79. The van der Waals surface area contributed by atoms with Crippen LogP contribution in [0, 0.1) is 0 Å². The second-order valence-electron chi connectivity index (χ2n) is 5.91. The van der Waals surface area contributed by atoms with Crippen molar-refractivity contribution in [2.45, 2.75) is 24.2 Å². The van der Waals surface area contributed by atoms with Gasteiger partial charge in [-0.1, -0.05) is 18.6 Å². The first-order valence-electron chi connectivity index (χ1n) is 7.97. The van der Waals surface area contributed by atoms with Crippen molar-refractivity contribution in [1.29, 1.82) is 0 Å². The number of H-pyrrole nitrogens is 1. The van der Waals surface area contributed by atoms with Gasteiger partial charge < -0.3 is 10.1 Å². The fourth-order valence-corrected chi connectivity index (χ4v) is 4.39. The van der Waals surface area contributed by atoms with Crippen molar-refractivity contribution in [3.8, 4) is 11.3 Å². The molecule has 0 amide bonds. The maximum atomic E-state index is 12.6. The topological polar surface area (TPSA) is 108 Å². The molecule has 0 aliphatic carbocycles. The molecule has 0 radical (unpaired) electrons. The molecular weight excluding hydrogens is 344 g/mol. The SMILES string of the molecule is O=C(O)c1ccc(-c2ccc(S(=O)(=O)N3CCCCC3)cc2)[nH]c1=O. The minimum Gasteiger partial charge on any atom is -0.477 e. The first-order valence-corrected chi connectivity index (χ1v) is 9.41. The van der Waals surface area contributed by atoms with Gasteiger partial charge in [0.1, 0.15) is 5.56 Å². The van der Waals surface area contributed by atoms with Gasteiger partial charge in [0.15, 0.2) is 0 Å². The number of aromatic nitrogens is 1. The summed E-state index contributed by atoms with van der Waals surface area (Å²) >= 11 is 0. The van der Waals surface area contributed by atoms with Crippen LogP contribution in [0.5, 0.6) is 0 Å². The molecule has 8 heteroatoms. The number of aromatic carboxylic acids is 1. The quantitative estimate of drug-likeness (QED) is 0.864. The van der Waals surface area contributed by atoms with E-state index < -0.39 is 21.6 Å². The molecule has 1 aliphatic rings. The summed E-state index contributed by atoms with van der Waals surface area (Å²) in [4.78, 5) is 25.3. The third kappa shape index (κ3) is 3.49. The van der Waals surface area contributed by atoms with E-state index in [-0.39, 0.29) is 10.5 Å². The minimum absolute atomic E-state index is 0.211. The molecule has 0 atom stereocenters. The molecule has 0 unspecified atom stereocenters. The van der Waals surface area contributed by atoms with Crippen molar-refractivity contribution in [2.75, 3.05) is 13.1 Å². The lowest BCUT2D eigenvalue weighted by atomic mass is 10.1. The summed E-state index contributed by atoms with van der Waals surface area (Å²) < 4.78 is 26.7. The highest BCUT2D eigenvalue weighted by Crippen LogP contribution is 2.23. The van der Waals surface area contributed by atoms with E-state index in [1.54, 1.807) is 12.1 Å². The van der Waals surface area contributed by atoms with Crippen molar-refractivity contribution in [1.82, 2.24) is 9.29 Å². The summed E-state index contributed by atoms with van der Waals surface area (Å²) in [6, 6.07) is 8.92. The van der Waals surface area contributed by atoms with Crippen molar-refractivity contribution in [2.24, 2.45) is 0 Å². The van der Waals surface area contributed by atoms with Crippen LogP contribution in [0.4, 0.5) is 0 Å². The van der Waals surface area contributed by atoms with Crippen LogP contribution in [-0.2, 0) is 10.0 Å². The monoisotopic (exact) mass is 362 g/mol. The first-order chi connectivity index (χ1) is 11.9. The van der Waals surface area contributed by atoms with Gasteiger partial charge in [-0.25, -0.2) is 13.2 Å².